The van der Waals surface area contributed by atoms with Crippen molar-refractivity contribution in [1.82, 2.24) is 45.1 Å². The summed E-state index contributed by atoms with van der Waals surface area (Å²) in [7, 11) is 11.7. The van der Waals surface area contributed by atoms with Gasteiger partial charge >= 0.3 is 12.1 Å². The predicted octanol–water partition coefficient (Wildman–Crippen LogP) is 12.3. The molecular weight excluding hydrogens is 1190 g/mol. The van der Waals surface area contributed by atoms with Crippen LogP contribution in [0.4, 0.5) is 21.0 Å². The number of carbonyl (C=O) groups excluding carboxylic acids is 6. The monoisotopic (exact) mass is 1260 g/mol. The molecule has 4 amide bonds. The Bertz CT molecular complexity index is 4500. The molecule has 0 bridgehead atoms. The van der Waals surface area contributed by atoms with E-state index in [0.717, 1.165) is 130 Å². The van der Waals surface area contributed by atoms with E-state index < -0.39 is 0 Å². The number of aryl methyl sites for hydroxylation is 7. The lowest BCUT2D eigenvalue weighted by atomic mass is 10.0. The zero-order valence-corrected chi connectivity index (χ0v) is 52.6. The third-order valence-electron chi connectivity index (χ3n) is 15.3. The van der Waals surface area contributed by atoms with Gasteiger partial charge in [0.25, 0.3) is 0 Å². The van der Waals surface area contributed by atoms with Gasteiger partial charge < -0.3 is 59.9 Å². The maximum absolute atomic E-state index is 13.4. The van der Waals surface area contributed by atoms with Crippen molar-refractivity contribution < 1.29 is 52.5 Å². The molecule has 2 aliphatic rings. The molecule has 10 aromatic rings. The molecule has 88 heavy (non-hydrogen) atoms. The molecule has 0 atom stereocenters. The number of Topliss-reactive ketones (excluding diaryl/α,β-unsaturated/α-hetero) is 2. The van der Waals surface area contributed by atoms with Gasteiger partial charge in [-0.15, -0.1) is 0 Å². The van der Waals surface area contributed by atoms with Gasteiger partial charge in [-0.05, 0) is 160 Å². The number of hydrogen-bond acceptors (Lipinski definition) is 13. The number of methoxy groups -OCH3 is 3. The number of ether oxygens (including phenoxy) is 5. The van der Waals surface area contributed by atoms with Gasteiger partial charge in [0, 0.05) is 100 Å². The molecular formula is C65H66BrN11O11. The zero-order chi connectivity index (χ0) is 63.6. The van der Waals surface area contributed by atoms with Gasteiger partial charge in [-0.3, -0.25) is 28.5 Å². The average Bonchev–Trinajstić information content (AvgIpc) is 1.70. The van der Waals surface area contributed by atoms with Gasteiger partial charge in [0.2, 0.25) is 11.6 Å². The average molecular weight is 1260 g/mol. The number of allylic oxidation sites excluding steroid dienone is 1. The van der Waals surface area contributed by atoms with Crippen LogP contribution in [0.3, 0.4) is 0 Å². The fourth-order valence-corrected chi connectivity index (χ4v) is 11.2. The highest BCUT2D eigenvalue weighted by molar-refractivity contribution is 9.10. The van der Waals surface area contributed by atoms with E-state index in [1.165, 1.54) is 14.1 Å². The highest BCUT2D eigenvalue weighted by Gasteiger charge is 2.30. The largest absolute Gasteiger partial charge is 0.497 e. The standard InChI is InChI=1S/C27H27N5O4.C17H19N3O2.C11H10BrNO2.C10H10N2O3/c1-13-9-17(35-6)11-18-19(25(30-24(13)18)23-14(2)31-32(5)15(23)3)12-22-26(33)20-10-16(29-27(34)28-4)7-8-21(20)36-22;1-9-6-12(22-5)7-13-14(8-21)17(18-16(9)13)15-10(2)19-20(4)11(15)3;1-6-3-7(15-2)4-8-9(5-14)11(12)13-10(6)8;1-11-10(14)12-6-2-3-9-7(4-6)8(13)5-15-9/h7-12,30H,1-6H3,(H2,28,29,34);6-8,18H,1-5H3;3-5,13H,1-2H3;2-4H,5H2,1H3,(H2,11,12,14)/b22-12-;;;. The van der Waals surface area contributed by atoms with Crippen LogP contribution >= 0.6 is 15.9 Å². The quantitative estimate of drug-likeness (QED) is 0.0496. The van der Waals surface area contributed by atoms with E-state index in [-0.39, 0.29) is 36.0 Å². The molecule has 0 spiro atoms. The Morgan fingerprint density at radius 2 is 1.02 bits per heavy atom. The van der Waals surface area contributed by atoms with Gasteiger partial charge in [-0.2, -0.15) is 10.2 Å². The fraction of sp³-hybridized carbons (Fsp3) is 0.231. The summed E-state index contributed by atoms with van der Waals surface area (Å²) in [6, 6.07) is 20.8. The van der Waals surface area contributed by atoms with Crippen LogP contribution in [-0.2, 0) is 14.1 Å². The summed E-state index contributed by atoms with van der Waals surface area (Å²) in [4.78, 5) is 80.2. The van der Waals surface area contributed by atoms with Gasteiger partial charge in [0.1, 0.15) is 28.7 Å². The van der Waals surface area contributed by atoms with Crippen LogP contribution in [0.15, 0.2) is 83.2 Å². The normalized spacial score (nSPS) is 12.4. The molecule has 454 valence electrons. The summed E-state index contributed by atoms with van der Waals surface area (Å²) in [6.45, 7) is 14.0. The van der Waals surface area contributed by atoms with E-state index in [2.05, 4.69) is 62.3 Å². The summed E-state index contributed by atoms with van der Waals surface area (Å²) < 4.78 is 31.5. The third kappa shape index (κ3) is 12.1. The van der Waals surface area contributed by atoms with Crippen molar-refractivity contribution in [2.45, 2.75) is 48.5 Å². The zero-order valence-electron chi connectivity index (χ0n) is 51.0. The Morgan fingerprint density at radius 1 is 0.591 bits per heavy atom. The molecule has 22 nitrogen and oxygen atoms in total. The first-order chi connectivity index (χ1) is 42.1. The number of hydrogen-bond donors (Lipinski definition) is 7. The van der Waals surface area contributed by atoms with E-state index in [1.807, 2.05) is 108 Å². The highest BCUT2D eigenvalue weighted by Crippen LogP contribution is 2.42. The van der Waals surface area contributed by atoms with E-state index in [9.17, 15) is 28.8 Å². The van der Waals surface area contributed by atoms with Crippen molar-refractivity contribution in [3.05, 3.63) is 150 Å². The molecule has 0 aliphatic carbocycles. The third-order valence-corrected chi connectivity index (χ3v) is 15.9. The van der Waals surface area contributed by atoms with Crippen LogP contribution in [0, 0.1) is 48.5 Å². The number of nitrogens with one attached hydrogen (secondary N) is 7. The highest BCUT2D eigenvalue weighted by atomic mass is 79.9. The second-order valence-electron chi connectivity index (χ2n) is 20.8. The number of aromatic amines is 3. The molecule has 23 heteroatoms. The number of halogens is 1. The van der Waals surface area contributed by atoms with Gasteiger partial charge in [0.05, 0.1) is 70.9 Å². The van der Waals surface area contributed by atoms with Crippen molar-refractivity contribution in [3.63, 3.8) is 0 Å². The molecule has 7 heterocycles. The second kappa shape index (κ2) is 25.7. The van der Waals surface area contributed by atoms with Crippen LogP contribution in [0.5, 0.6) is 28.7 Å². The summed E-state index contributed by atoms with van der Waals surface area (Å²) in [6.07, 6.45) is 3.51. The topological polar surface area (TPSA) is 280 Å². The van der Waals surface area contributed by atoms with Crippen molar-refractivity contribution in [2.24, 2.45) is 14.1 Å². The minimum Gasteiger partial charge on any atom is -0.497 e. The molecule has 12 rings (SSSR count). The number of benzene rings is 5. The van der Waals surface area contributed by atoms with Crippen LogP contribution in [-0.4, -0.2) is 113 Å². The molecule has 2 aliphatic heterocycles. The Labute approximate surface area is 514 Å². The van der Waals surface area contributed by atoms with Crippen LogP contribution in [0.2, 0.25) is 0 Å². The lowest BCUT2D eigenvalue weighted by Crippen LogP contribution is -2.24. The Kier molecular flexibility index (Phi) is 18.1. The van der Waals surface area contributed by atoms with Crippen molar-refractivity contribution in [3.8, 4) is 51.3 Å². The number of aromatic nitrogens is 7. The SMILES string of the molecule is CNC(=O)Nc1ccc2c(c1)C(=O)/C(=C/c1c(-c3c(C)nn(C)c3C)[nH]c3c(C)cc(OC)cc13)O2.CNC(=O)Nc1ccc2c(c1)C(=O)CO2.COc1cc(C)c2[nH]c(-c3c(C)nn(C)c3C)c(C=O)c2c1.COc1cc(C)c2[nH]c(Br)c(C=O)c2c1. The fourth-order valence-electron chi connectivity index (χ4n) is 10.7. The van der Waals surface area contributed by atoms with Crippen molar-refractivity contribution in [2.75, 3.05) is 52.7 Å². The molecule has 0 radical (unpaired) electrons. The van der Waals surface area contributed by atoms with E-state index >= 15 is 0 Å². The number of rotatable bonds is 10. The van der Waals surface area contributed by atoms with Crippen molar-refractivity contribution in [1.29, 1.82) is 0 Å². The maximum atomic E-state index is 13.4. The number of anilines is 2. The first kappa shape index (κ1) is 62.1. The molecule has 5 aromatic heterocycles. The van der Waals surface area contributed by atoms with Crippen LogP contribution in [0.1, 0.15) is 86.5 Å². The number of aldehydes is 2. The molecule has 0 fully saturated rings. The molecule has 5 aromatic carbocycles. The smallest absolute Gasteiger partial charge is 0.318 e. The minimum absolute atomic E-state index is 0.0643. The van der Waals surface area contributed by atoms with Crippen molar-refractivity contribution >= 4 is 102 Å². The lowest BCUT2D eigenvalue weighted by molar-refractivity contribution is 0.0959. The van der Waals surface area contributed by atoms with Gasteiger partial charge in [-0.25, -0.2) is 9.59 Å². The Hall–Kier alpha value is -10.4. The number of urea groups is 2. The first-order valence-corrected chi connectivity index (χ1v) is 28.4. The second-order valence-corrected chi connectivity index (χ2v) is 21.6. The Morgan fingerprint density at radius 3 is 1.47 bits per heavy atom. The summed E-state index contributed by atoms with van der Waals surface area (Å²) in [5, 5.41) is 21.9. The predicted molar refractivity (Wildman–Crippen MR) is 342 cm³/mol. The van der Waals surface area contributed by atoms with Gasteiger partial charge in [-0.1, -0.05) is 0 Å². The van der Waals surface area contributed by atoms with Crippen LogP contribution in [0.25, 0.3) is 61.3 Å². The summed E-state index contributed by atoms with van der Waals surface area (Å²) >= 11 is 3.32. The number of H-pyrrole nitrogens is 3. The Balaban J connectivity index is 0.000000151. The number of carbonyl (C=O) groups is 6. The van der Waals surface area contributed by atoms with E-state index in [0.29, 0.717) is 49.7 Å². The molecule has 0 saturated heterocycles. The number of ketones is 2. The summed E-state index contributed by atoms with van der Waals surface area (Å²) in [5.74, 6) is 3.12. The lowest BCUT2D eigenvalue weighted by Gasteiger charge is -2.05. The van der Waals surface area contributed by atoms with E-state index in [4.69, 9.17) is 23.7 Å². The number of nitrogens with zero attached hydrogens (tertiary/aromatic N) is 4. The molecule has 7 N–H and O–H groups in total. The number of amides is 4. The molecule has 0 saturated carbocycles. The number of fused-ring (bicyclic) bond motifs is 5. The van der Waals surface area contributed by atoms with Crippen LogP contribution < -0.4 is 45.0 Å². The minimum atomic E-state index is -0.368. The summed E-state index contributed by atoms with van der Waals surface area (Å²) in [5.41, 5.74) is 17.5. The van der Waals surface area contributed by atoms with E-state index in [1.54, 1.807) is 63.8 Å². The first-order valence-electron chi connectivity index (χ1n) is 27.6. The van der Waals surface area contributed by atoms with Gasteiger partial charge in [0.15, 0.2) is 24.9 Å². The maximum Gasteiger partial charge on any atom is 0.318 e. The molecule has 0 unspecified atom stereocenters.